The molecule has 9 heteroatoms. The number of unbranched alkanes of at least 4 members (excludes halogenated alkanes) is 1. The van der Waals surface area contributed by atoms with E-state index in [1.165, 1.54) is 4.57 Å². The summed E-state index contributed by atoms with van der Waals surface area (Å²) in [5.74, 6) is 1.18. The first kappa shape index (κ1) is 27.6. The van der Waals surface area contributed by atoms with Gasteiger partial charge in [0.1, 0.15) is 17.0 Å². The van der Waals surface area contributed by atoms with Crippen molar-refractivity contribution in [3.63, 3.8) is 0 Å². The Kier molecular flexibility index (Phi) is 8.43. The van der Waals surface area contributed by atoms with Crippen molar-refractivity contribution in [3.8, 4) is 28.6 Å². The van der Waals surface area contributed by atoms with Crippen LogP contribution in [0.25, 0.3) is 28.2 Å². The number of nitrogens with zero attached hydrogens (tertiary/aromatic N) is 4. The topological polar surface area (TPSA) is 100 Å². The quantitative estimate of drug-likeness (QED) is 0.226. The summed E-state index contributed by atoms with van der Waals surface area (Å²) in [5.41, 5.74) is 2.56. The van der Waals surface area contributed by atoms with E-state index in [4.69, 9.17) is 19.4 Å². The van der Waals surface area contributed by atoms with Crippen molar-refractivity contribution < 1.29 is 14.3 Å². The van der Waals surface area contributed by atoms with Crippen LogP contribution >= 0.6 is 0 Å². The Balaban J connectivity index is 1.81. The lowest BCUT2D eigenvalue weighted by atomic mass is 10.2. The number of imidazole rings is 1. The summed E-state index contributed by atoms with van der Waals surface area (Å²) in [7, 11) is 1.56. The van der Waals surface area contributed by atoms with E-state index >= 15 is 0 Å². The molecule has 5 aromatic rings. The predicted molar refractivity (Wildman–Crippen MR) is 159 cm³/mol. The average Bonchev–Trinajstić information content (AvgIpc) is 3.28. The van der Waals surface area contributed by atoms with E-state index in [9.17, 15) is 9.59 Å². The lowest BCUT2D eigenvalue weighted by molar-refractivity contribution is 0.0949. The summed E-state index contributed by atoms with van der Waals surface area (Å²) in [6, 6.07) is 24.2. The molecule has 0 unspecified atom stereocenters. The Hall–Kier alpha value is -4.92. The van der Waals surface area contributed by atoms with Crippen LogP contribution in [0.5, 0.6) is 11.5 Å². The minimum Gasteiger partial charge on any atom is -0.495 e. The van der Waals surface area contributed by atoms with E-state index < -0.39 is 0 Å². The molecule has 210 valence electrons. The van der Waals surface area contributed by atoms with Crippen LogP contribution in [0.1, 0.15) is 42.7 Å². The summed E-state index contributed by atoms with van der Waals surface area (Å²) in [6.07, 6.45) is 1.75. The van der Waals surface area contributed by atoms with Crippen LogP contribution in [0.2, 0.25) is 0 Å². The van der Waals surface area contributed by atoms with Crippen LogP contribution in [0.3, 0.4) is 0 Å². The number of amides is 1. The lowest BCUT2D eigenvalue weighted by Crippen LogP contribution is -2.27. The molecule has 0 atom stereocenters. The first-order valence-corrected chi connectivity index (χ1v) is 13.8. The Morgan fingerprint density at radius 3 is 2.37 bits per heavy atom. The molecule has 0 aliphatic heterocycles. The van der Waals surface area contributed by atoms with E-state index in [0.29, 0.717) is 47.1 Å². The zero-order valence-corrected chi connectivity index (χ0v) is 23.5. The maximum absolute atomic E-state index is 14.2. The highest BCUT2D eigenvalue weighted by Gasteiger charge is 2.26. The fraction of sp³-hybridized carbons (Fsp3) is 0.250. The molecule has 0 saturated heterocycles. The van der Waals surface area contributed by atoms with Gasteiger partial charge in [-0.25, -0.2) is 19.3 Å². The van der Waals surface area contributed by atoms with Gasteiger partial charge in [-0.3, -0.25) is 9.36 Å². The van der Waals surface area contributed by atoms with E-state index in [0.717, 1.165) is 24.2 Å². The van der Waals surface area contributed by atoms with Crippen molar-refractivity contribution in [2.24, 2.45) is 0 Å². The highest BCUT2D eigenvalue weighted by molar-refractivity contribution is 6.03. The second-order valence-corrected chi connectivity index (χ2v) is 9.50. The van der Waals surface area contributed by atoms with Crippen LogP contribution in [-0.4, -0.2) is 45.3 Å². The SMILES string of the molecule is CCCCNC(=O)c1nc(-c2ccc(OCC)cc2)nc2c1n(Cc1ccccc1)c(=O)n2-c1ccccc1OC. The van der Waals surface area contributed by atoms with Crippen LogP contribution in [0.15, 0.2) is 83.7 Å². The van der Waals surface area contributed by atoms with Crippen molar-refractivity contribution in [1.82, 2.24) is 24.4 Å². The fourth-order valence-electron chi connectivity index (χ4n) is 4.72. The molecule has 0 spiro atoms. The molecule has 5 rings (SSSR count). The number of fused-ring (bicyclic) bond motifs is 1. The number of carbonyl (C=O) groups excluding carboxylic acids is 1. The molecule has 0 saturated carbocycles. The van der Waals surface area contributed by atoms with Gasteiger partial charge in [0, 0.05) is 12.1 Å². The first-order chi connectivity index (χ1) is 20.0. The highest BCUT2D eigenvalue weighted by Crippen LogP contribution is 2.29. The zero-order chi connectivity index (χ0) is 28.8. The number of benzene rings is 3. The molecule has 0 aliphatic carbocycles. The number of aromatic nitrogens is 4. The van der Waals surface area contributed by atoms with Crippen LogP contribution in [0.4, 0.5) is 0 Å². The number of rotatable bonds is 11. The molecule has 2 aromatic heterocycles. The molecule has 0 radical (unpaired) electrons. The van der Waals surface area contributed by atoms with Gasteiger partial charge >= 0.3 is 5.69 Å². The average molecular weight is 552 g/mol. The maximum Gasteiger partial charge on any atom is 0.335 e. The molecule has 1 N–H and O–H groups in total. The summed E-state index contributed by atoms with van der Waals surface area (Å²) in [6.45, 7) is 5.26. The number of methoxy groups -OCH3 is 1. The predicted octanol–water partition coefficient (Wildman–Crippen LogP) is 5.23. The van der Waals surface area contributed by atoms with Crippen LogP contribution < -0.4 is 20.5 Å². The lowest BCUT2D eigenvalue weighted by Gasteiger charge is -2.11. The first-order valence-electron chi connectivity index (χ1n) is 13.8. The monoisotopic (exact) mass is 551 g/mol. The minimum atomic E-state index is -0.364. The summed E-state index contributed by atoms with van der Waals surface area (Å²) >= 11 is 0. The van der Waals surface area contributed by atoms with Gasteiger partial charge in [-0.1, -0.05) is 55.8 Å². The maximum atomic E-state index is 14.2. The van der Waals surface area contributed by atoms with E-state index in [1.54, 1.807) is 23.8 Å². The van der Waals surface area contributed by atoms with Crippen LogP contribution in [-0.2, 0) is 6.54 Å². The molecule has 0 fully saturated rings. The Bertz CT molecular complexity index is 1710. The van der Waals surface area contributed by atoms with Crippen molar-refractivity contribution in [2.45, 2.75) is 33.2 Å². The van der Waals surface area contributed by atoms with Gasteiger partial charge in [-0.05, 0) is 55.3 Å². The standard InChI is InChI=1S/C32H33N5O4/c1-4-6-20-33-31(38)27-28-30(35-29(34-27)23-16-18-24(19-17-23)41-5-2)37(25-14-10-11-15-26(25)40-3)32(39)36(28)21-22-12-8-7-9-13-22/h7-19H,4-6,20-21H2,1-3H3,(H,33,38). The van der Waals surface area contributed by atoms with Gasteiger partial charge in [0.05, 0.1) is 25.9 Å². The van der Waals surface area contributed by atoms with Gasteiger partial charge in [-0.2, -0.15) is 0 Å². The Labute approximate surface area is 238 Å². The number of hydrogen-bond acceptors (Lipinski definition) is 6. The fourth-order valence-corrected chi connectivity index (χ4v) is 4.72. The van der Waals surface area contributed by atoms with Gasteiger partial charge < -0.3 is 14.8 Å². The van der Waals surface area contributed by atoms with Gasteiger partial charge in [-0.15, -0.1) is 0 Å². The third kappa shape index (κ3) is 5.70. The summed E-state index contributed by atoms with van der Waals surface area (Å²) in [4.78, 5) is 37.5. The molecule has 41 heavy (non-hydrogen) atoms. The Morgan fingerprint density at radius 1 is 0.927 bits per heavy atom. The van der Waals surface area contributed by atoms with Crippen LogP contribution in [0, 0.1) is 0 Å². The molecule has 9 nitrogen and oxygen atoms in total. The number of carbonyl (C=O) groups is 1. The van der Waals surface area contributed by atoms with Crippen molar-refractivity contribution >= 4 is 17.1 Å². The smallest absolute Gasteiger partial charge is 0.335 e. The number of ether oxygens (including phenoxy) is 2. The number of para-hydroxylation sites is 2. The number of hydrogen-bond donors (Lipinski definition) is 1. The van der Waals surface area contributed by atoms with E-state index in [-0.39, 0.29) is 23.8 Å². The highest BCUT2D eigenvalue weighted by atomic mass is 16.5. The molecular weight excluding hydrogens is 518 g/mol. The zero-order valence-electron chi connectivity index (χ0n) is 23.5. The van der Waals surface area contributed by atoms with E-state index in [1.807, 2.05) is 73.7 Å². The van der Waals surface area contributed by atoms with Gasteiger partial charge in [0.2, 0.25) is 0 Å². The molecule has 2 heterocycles. The molecule has 1 amide bonds. The van der Waals surface area contributed by atoms with Crippen molar-refractivity contribution in [3.05, 3.63) is 101 Å². The normalized spacial score (nSPS) is 11.0. The third-order valence-electron chi connectivity index (χ3n) is 6.73. The second-order valence-electron chi connectivity index (χ2n) is 9.50. The largest absolute Gasteiger partial charge is 0.495 e. The summed E-state index contributed by atoms with van der Waals surface area (Å²) < 4.78 is 14.3. The minimum absolute atomic E-state index is 0.136. The van der Waals surface area contributed by atoms with Gasteiger partial charge in [0.15, 0.2) is 17.2 Å². The van der Waals surface area contributed by atoms with Crippen molar-refractivity contribution in [2.75, 3.05) is 20.3 Å². The second kappa shape index (κ2) is 12.5. The number of nitrogens with one attached hydrogen (secondary N) is 1. The van der Waals surface area contributed by atoms with Crippen molar-refractivity contribution in [1.29, 1.82) is 0 Å². The molecule has 0 bridgehead atoms. The third-order valence-corrected chi connectivity index (χ3v) is 6.73. The Morgan fingerprint density at radius 2 is 1.66 bits per heavy atom. The van der Waals surface area contributed by atoms with Gasteiger partial charge in [0.25, 0.3) is 5.91 Å². The van der Waals surface area contributed by atoms with E-state index in [2.05, 4.69) is 12.2 Å². The molecule has 3 aromatic carbocycles. The molecular formula is C32H33N5O4. The molecule has 0 aliphatic rings. The summed E-state index contributed by atoms with van der Waals surface area (Å²) in [5, 5.41) is 2.98.